The first-order valence-corrected chi connectivity index (χ1v) is 14.0. The van der Waals surface area contributed by atoms with Crippen LogP contribution in [0.5, 0.6) is 5.75 Å². The highest BCUT2D eigenvalue weighted by Gasteiger charge is 2.20. The Morgan fingerprint density at radius 2 is 1.23 bits per heavy atom. The number of allylic oxidation sites excluding steroid dienone is 1. The van der Waals surface area contributed by atoms with Crippen LogP contribution in [-0.2, 0) is 0 Å². The molecule has 4 aromatic carbocycles. The molecule has 4 nitrogen and oxygen atoms in total. The summed E-state index contributed by atoms with van der Waals surface area (Å²) < 4.78 is 6.01. The number of β-amino-alcohol motifs (C(OH)–C–C–N with tert-alkyl or cyclic N) is 1. The van der Waals surface area contributed by atoms with E-state index in [9.17, 15) is 5.11 Å². The lowest BCUT2D eigenvalue weighted by molar-refractivity contribution is 0.0663. The minimum atomic E-state index is -0.530. The second kappa shape index (κ2) is 13.3. The molecule has 200 valence electrons. The molecule has 0 amide bonds. The summed E-state index contributed by atoms with van der Waals surface area (Å²) in [6.45, 7) is 6.94. The lowest BCUT2D eigenvalue weighted by Crippen LogP contribution is -2.49. The predicted octanol–water partition coefficient (Wildman–Crippen LogP) is 6.62. The molecular formula is C35H38N2O2. The molecule has 1 unspecified atom stereocenters. The second-order valence-corrected chi connectivity index (χ2v) is 10.1. The second-order valence-electron chi connectivity index (χ2n) is 10.1. The summed E-state index contributed by atoms with van der Waals surface area (Å²) >= 11 is 0. The first kappa shape index (κ1) is 26.7. The van der Waals surface area contributed by atoms with Crippen LogP contribution in [0.4, 0.5) is 5.69 Å². The lowest BCUT2D eigenvalue weighted by Gasteiger charge is -2.36. The molecule has 0 bridgehead atoms. The third kappa shape index (κ3) is 6.97. The summed E-state index contributed by atoms with van der Waals surface area (Å²) in [7, 11) is 0. The van der Waals surface area contributed by atoms with Crippen molar-refractivity contribution < 1.29 is 9.84 Å². The number of piperazine rings is 1. The van der Waals surface area contributed by atoms with Crippen LogP contribution < -0.4 is 9.64 Å². The summed E-state index contributed by atoms with van der Waals surface area (Å²) in [6.07, 6.45) is 0.399. The molecule has 1 N–H and O–H groups in total. The Kier molecular flexibility index (Phi) is 9.10. The fourth-order valence-corrected chi connectivity index (χ4v) is 5.37. The molecular weight excluding hydrogens is 480 g/mol. The number of ether oxygens (including phenoxy) is 1. The van der Waals surface area contributed by atoms with E-state index in [2.05, 4.69) is 120 Å². The normalized spacial score (nSPS) is 15.5. The average molecular weight is 519 g/mol. The first-order valence-electron chi connectivity index (χ1n) is 14.0. The number of aliphatic hydroxyl groups is 1. The molecule has 1 saturated heterocycles. The summed E-state index contributed by atoms with van der Waals surface area (Å²) in [5.74, 6) is 0.775. The van der Waals surface area contributed by atoms with Crippen molar-refractivity contribution in [1.82, 2.24) is 4.90 Å². The highest BCUT2D eigenvalue weighted by atomic mass is 16.5. The Hall–Kier alpha value is -3.86. The van der Waals surface area contributed by atoms with Gasteiger partial charge < -0.3 is 14.7 Å². The topological polar surface area (TPSA) is 35.9 Å². The Bertz CT molecular complexity index is 1310. The number of para-hydroxylation sites is 1. The van der Waals surface area contributed by atoms with Crippen molar-refractivity contribution in [2.75, 3.05) is 44.2 Å². The van der Waals surface area contributed by atoms with Gasteiger partial charge in [-0.3, -0.25) is 4.90 Å². The van der Waals surface area contributed by atoms with Gasteiger partial charge in [0.2, 0.25) is 0 Å². The van der Waals surface area contributed by atoms with Crippen LogP contribution in [0.15, 0.2) is 115 Å². The van der Waals surface area contributed by atoms with Crippen molar-refractivity contribution in [2.45, 2.75) is 19.4 Å². The van der Waals surface area contributed by atoms with Gasteiger partial charge in [-0.1, -0.05) is 97.9 Å². The molecule has 39 heavy (non-hydrogen) atoms. The largest absolute Gasteiger partial charge is 0.491 e. The maximum atomic E-state index is 10.7. The van der Waals surface area contributed by atoms with E-state index in [1.807, 2.05) is 12.1 Å². The third-order valence-electron chi connectivity index (χ3n) is 7.39. The minimum absolute atomic E-state index is 0.282. The van der Waals surface area contributed by atoms with Crippen molar-refractivity contribution >= 4 is 16.8 Å². The molecule has 0 aliphatic carbocycles. The standard InChI is InChI=1S/C35H38N2O2/c1-2-34(28-12-6-3-7-13-28)35(29-14-8-4-9-15-29)30-18-20-33(21-19-30)39-27-32(38)26-36-22-24-37(25-23-36)31-16-10-5-11-17-31/h3-21,32,38H,2,22-27H2,1H3/b35-34+. The van der Waals surface area contributed by atoms with E-state index in [0.717, 1.165) is 43.9 Å². The number of benzene rings is 4. The molecule has 0 spiro atoms. The zero-order chi connectivity index (χ0) is 26.9. The maximum Gasteiger partial charge on any atom is 0.119 e. The zero-order valence-corrected chi connectivity index (χ0v) is 22.7. The predicted molar refractivity (Wildman–Crippen MR) is 162 cm³/mol. The average Bonchev–Trinajstić information content (AvgIpc) is 3.01. The number of nitrogens with zero attached hydrogens (tertiary/aromatic N) is 2. The molecule has 1 fully saturated rings. The Morgan fingerprint density at radius 3 is 1.82 bits per heavy atom. The van der Waals surface area contributed by atoms with Gasteiger partial charge in [-0.25, -0.2) is 0 Å². The molecule has 1 atom stereocenters. The smallest absolute Gasteiger partial charge is 0.119 e. The molecule has 1 aliphatic rings. The van der Waals surface area contributed by atoms with Gasteiger partial charge in [0.25, 0.3) is 0 Å². The van der Waals surface area contributed by atoms with Crippen LogP contribution in [0, 0.1) is 0 Å². The van der Waals surface area contributed by atoms with E-state index in [-0.39, 0.29) is 6.61 Å². The van der Waals surface area contributed by atoms with Crippen molar-refractivity contribution in [2.24, 2.45) is 0 Å². The van der Waals surface area contributed by atoms with E-state index < -0.39 is 6.10 Å². The number of aliphatic hydroxyl groups excluding tert-OH is 1. The highest BCUT2D eigenvalue weighted by molar-refractivity contribution is 5.98. The Labute approximate surface area is 232 Å². The van der Waals surface area contributed by atoms with Crippen LogP contribution in [0.2, 0.25) is 0 Å². The summed E-state index contributed by atoms with van der Waals surface area (Å²) in [5, 5.41) is 10.7. The van der Waals surface area contributed by atoms with E-state index in [1.54, 1.807) is 0 Å². The molecule has 4 aromatic rings. The third-order valence-corrected chi connectivity index (χ3v) is 7.39. The number of rotatable bonds is 10. The Balaban J connectivity index is 1.21. The van der Waals surface area contributed by atoms with Gasteiger partial charge in [0.1, 0.15) is 18.5 Å². The van der Waals surface area contributed by atoms with E-state index in [0.29, 0.717) is 6.54 Å². The number of anilines is 1. The minimum Gasteiger partial charge on any atom is -0.491 e. The van der Waals surface area contributed by atoms with Gasteiger partial charge in [0.05, 0.1) is 0 Å². The first-order chi connectivity index (χ1) is 19.2. The van der Waals surface area contributed by atoms with Gasteiger partial charge in [-0.15, -0.1) is 0 Å². The maximum absolute atomic E-state index is 10.7. The van der Waals surface area contributed by atoms with E-state index >= 15 is 0 Å². The summed E-state index contributed by atoms with van der Waals surface area (Å²) in [6, 6.07) is 40.0. The molecule has 0 radical (unpaired) electrons. The highest BCUT2D eigenvalue weighted by Crippen LogP contribution is 2.35. The van der Waals surface area contributed by atoms with Gasteiger partial charge in [0, 0.05) is 38.4 Å². The fraction of sp³-hybridized carbons (Fsp3) is 0.257. The molecule has 0 saturated carbocycles. The van der Waals surface area contributed by atoms with Gasteiger partial charge in [-0.05, 0) is 58.5 Å². The van der Waals surface area contributed by atoms with E-state index in [1.165, 1.54) is 28.0 Å². The van der Waals surface area contributed by atoms with Crippen LogP contribution in [-0.4, -0.2) is 55.4 Å². The van der Waals surface area contributed by atoms with Crippen molar-refractivity contribution in [3.05, 3.63) is 132 Å². The van der Waals surface area contributed by atoms with Crippen LogP contribution in [0.25, 0.3) is 11.1 Å². The SMILES string of the molecule is CC/C(=C(/c1ccccc1)c1ccc(OCC(O)CN2CCN(c3ccccc3)CC2)cc1)c1ccccc1. The monoisotopic (exact) mass is 518 g/mol. The summed E-state index contributed by atoms with van der Waals surface area (Å²) in [5.41, 5.74) is 7.43. The molecule has 4 heteroatoms. The number of hydrogen-bond acceptors (Lipinski definition) is 4. The van der Waals surface area contributed by atoms with Crippen LogP contribution in [0.3, 0.4) is 0 Å². The van der Waals surface area contributed by atoms with Crippen LogP contribution >= 0.6 is 0 Å². The molecule has 1 aliphatic heterocycles. The number of hydrogen-bond donors (Lipinski definition) is 1. The summed E-state index contributed by atoms with van der Waals surface area (Å²) in [4.78, 5) is 4.73. The van der Waals surface area contributed by atoms with Gasteiger partial charge in [0.15, 0.2) is 0 Å². The fourth-order valence-electron chi connectivity index (χ4n) is 5.37. The van der Waals surface area contributed by atoms with Gasteiger partial charge >= 0.3 is 0 Å². The molecule has 1 heterocycles. The lowest BCUT2D eigenvalue weighted by atomic mass is 9.88. The quantitative estimate of drug-likeness (QED) is 0.240. The Morgan fingerprint density at radius 1 is 0.692 bits per heavy atom. The molecule has 5 rings (SSSR count). The van der Waals surface area contributed by atoms with Crippen molar-refractivity contribution in [3.63, 3.8) is 0 Å². The zero-order valence-electron chi connectivity index (χ0n) is 22.7. The van der Waals surface area contributed by atoms with Crippen molar-refractivity contribution in [1.29, 1.82) is 0 Å². The van der Waals surface area contributed by atoms with Crippen molar-refractivity contribution in [3.8, 4) is 5.75 Å². The van der Waals surface area contributed by atoms with E-state index in [4.69, 9.17) is 4.74 Å². The van der Waals surface area contributed by atoms with Gasteiger partial charge in [-0.2, -0.15) is 0 Å². The molecule has 0 aromatic heterocycles. The van der Waals surface area contributed by atoms with Crippen LogP contribution in [0.1, 0.15) is 30.0 Å².